The van der Waals surface area contributed by atoms with E-state index in [2.05, 4.69) is 31.3 Å². The molecule has 2 rings (SSSR count). The maximum atomic E-state index is 12.0. The van der Waals surface area contributed by atoms with Gasteiger partial charge in [-0.15, -0.1) is 10.2 Å². The van der Waals surface area contributed by atoms with Crippen molar-refractivity contribution in [1.29, 1.82) is 5.26 Å². The highest BCUT2D eigenvalue weighted by Gasteiger charge is 2.11. The van der Waals surface area contributed by atoms with Gasteiger partial charge in [0.1, 0.15) is 11.6 Å². The fourth-order valence-electron chi connectivity index (χ4n) is 1.87. The first-order chi connectivity index (χ1) is 10.7. The molecule has 0 spiro atoms. The maximum Gasteiger partial charge on any atom is 0.251 e. The summed E-state index contributed by atoms with van der Waals surface area (Å²) in [6.45, 7) is 4.26. The zero-order valence-electron chi connectivity index (χ0n) is 12.2. The number of H-pyrrole nitrogens is 1. The number of tetrazole rings is 1. The highest BCUT2D eigenvalue weighted by atomic mass is 16.1. The number of amides is 1. The number of carbonyl (C=O) groups is 1. The van der Waals surface area contributed by atoms with Crippen LogP contribution in [0.5, 0.6) is 0 Å². The third kappa shape index (κ3) is 3.27. The minimum absolute atomic E-state index is 0.133. The monoisotopic (exact) mass is 297 g/mol. The molecule has 22 heavy (non-hydrogen) atoms. The number of allylic oxidation sites excluding steroid dienone is 1. The minimum atomic E-state index is -0.133. The van der Waals surface area contributed by atoms with Gasteiger partial charge in [0, 0.05) is 24.0 Å². The van der Waals surface area contributed by atoms with Crippen molar-refractivity contribution in [3.05, 3.63) is 41.4 Å². The second kappa shape index (κ2) is 6.99. The molecule has 0 unspecified atom stereocenters. The lowest BCUT2D eigenvalue weighted by molar-refractivity contribution is 0.0955. The second-order valence-electron chi connectivity index (χ2n) is 4.39. The summed E-state index contributed by atoms with van der Waals surface area (Å²) in [5.41, 5.74) is 2.32. The maximum absolute atomic E-state index is 12.0. The number of hydrogen-bond donors (Lipinski definition) is 3. The van der Waals surface area contributed by atoms with Gasteiger partial charge in [0.15, 0.2) is 0 Å². The normalized spacial score (nSPS) is 10.9. The topological polar surface area (TPSA) is 119 Å². The Hall–Kier alpha value is -3.21. The number of benzene rings is 1. The average molecular weight is 297 g/mol. The Bertz CT molecular complexity index is 728. The summed E-state index contributed by atoms with van der Waals surface area (Å²) in [6, 6.07) is 7.33. The fraction of sp³-hybridized carbons (Fsp3) is 0.214. The van der Waals surface area contributed by atoms with Crippen LogP contribution in [0.25, 0.3) is 5.57 Å². The zero-order valence-corrected chi connectivity index (χ0v) is 12.2. The number of hydrogen-bond acceptors (Lipinski definition) is 6. The van der Waals surface area contributed by atoms with Gasteiger partial charge in [-0.3, -0.25) is 4.79 Å². The van der Waals surface area contributed by atoms with Gasteiger partial charge in [-0.05, 0) is 36.8 Å². The van der Waals surface area contributed by atoms with Gasteiger partial charge >= 0.3 is 0 Å². The van der Waals surface area contributed by atoms with Crippen molar-refractivity contribution in [2.45, 2.75) is 13.8 Å². The number of rotatable bonds is 5. The van der Waals surface area contributed by atoms with E-state index in [9.17, 15) is 4.79 Å². The number of aromatic nitrogens is 4. The smallest absolute Gasteiger partial charge is 0.251 e. The van der Waals surface area contributed by atoms with Crippen LogP contribution in [0.15, 0.2) is 24.4 Å². The molecule has 8 nitrogen and oxygen atoms in total. The summed E-state index contributed by atoms with van der Waals surface area (Å²) in [4.78, 5) is 12.0. The Balaban J connectivity index is 2.25. The summed E-state index contributed by atoms with van der Waals surface area (Å²) in [5.74, 6) is 0.0684. The van der Waals surface area contributed by atoms with Gasteiger partial charge in [0.05, 0.1) is 0 Å². The molecular weight excluding hydrogens is 282 g/mol. The lowest BCUT2D eigenvalue weighted by Gasteiger charge is -2.11. The Labute approximate surface area is 127 Å². The summed E-state index contributed by atoms with van der Waals surface area (Å²) in [5, 5.41) is 28.1. The van der Waals surface area contributed by atoms with E-state index in [0.29, 0.717) is 12.1 Å². The van der Waals surface area contributed by atoms with E-state index in [1.165, 1.54) is 6.20 Å². The molecule has 0 bridgehead atoms. The van der Waals surface area contributed by atoms with Crippen LogP contribution >= 0.6 is 0 Å². The standard InChI is InChI=1S/C14H15N7O/c1-3-16-14(22)11-5-4-6-12(9(11)2)17-8-10(7-15)13-18-20-21-19-13/h4-6,8,17H,3H2,1-2H3,(H,16,22)(H,18,19,20,21). The molecule has 1 amide bonds. The number of anilines is 1. The number of nitrogens with zero attached hydrogens (tertiary/aromatic N) is 4. The number of carbonyl (C=O) groups excluding carboxylic acids is 1. The molecule has 0 atom stereocenters. The van der Waals surface area contributed by atoms with Gasteiger partial charge in [-0.2, -0.15) is 10.5 Å². The van der Waals surface area contributed by atoms with Gasteiger partial charge in [-0.25, -0.2) is 0 Å². The van der Waals surface area contributed by atoms with E-state index in [0.717, 1.165) is 11.3 Å². The van der Waals surface area contributed by atoms with Crippen LogP contribution < -0.4 is 10.6 Å². The molecule has 0 radical (unpaired) electrons. The SMILES string of the molecule is CCNC(=O)c1cccc(NC=C(C#N)c2nn[nH]n2)c1C. The Morgan fingerprint density at radius 1 is 1.50 bits per heavy atom. The van der Waals surface area contributed by atoms with E-state index in [4.69, 9.17) is 5.26 Å². The predicted molar refractivity (Wildman–Crippen MR) is 80.6 cm³/mol. The molecule has 8 heteroatoms. The molecule has 0 aliphatic heterocycles. The first kappa shape index (κ1) is 15.2. The highest BCUT2D eigenvalue weighted by molar-refractivity contribution is 5.97. The van der Waals surface area contributed by atoms with E-state index in [1.54, 1.807) is 12.1 Å². The lowest BCUT2D eigenvalue weighted by Crippen LogP contribution is -2.23. The predicted octanol–water partition coefficient (Wildman–Crippen LogP) is 1.23. The molecule has 0 saturated carbocycles. The van der Waals surface area contributed by atoms with Crippen LogP contribution in [-0.2, 0) is 0 Å². The van der Waals surface area contributed by atoms with Crippen molar-refractivity contribution >= 4 is 17.2 Å². The number of aromatic amines is 1. The van der Waals surface area contributed by atoms with E-state index in [-0.39, 0.29) is 17.3 Å². The first-order valence-corrected chi connectivity index (χ1v) is 6.65. The summed E-state index contributed by atoms with van der Waals surface area (Å²) in [7, 11) is 0. The number of nitriles is 1. The summed E-state index contributed by atoms with van der Waals surface area (Å²) in [6.07, 6.45) is 1.48. The molecule has 1 aromatic carbocycles. The van der Waals surface area contributed by atoms with Crippen molar-refractivity contribution in [2.75, 3.05) is 11.9 Å². The van der Waals surface area contributed by atoms with Gasteiger partial charge in [-0.1, -0.05) is 6.07 Å². The molecular formula is C14H15N7O. The van der Waals surface area contributed by atoms with Crippen molar-refractivity contribution in [3.8, 4) is 6.07 Å². The quantitative estimate of drug-likeness (QED) is 0.714. The molecule has 0 fully saturated rings. The highest BCUT2D eigenvalue weighted by Crippen LogP contribution is 2.20. The van der Waals surface area contributed by atoms with Crippen molar-refractivity contribution < 1.29 is 4.79 Å². The van der Waals surface area contributed by atoms with Crippen LogP contribution in [0, 0.1) is 18.3 Å². The first-order valence-electron chi connectivity index (χ1n) is 6.65. The van der Waals surface area contributed by atoms with E-state index < -0.39 is 0 Å². The van der Waals surface area contributed by atoms with Gasteiger partial charge in [0.25, 0.3) is 5.91 Å². The van der Waals surface area contributed by atoms with Crippen molar-refractivity contribution in [1.82, 2.24) is 25.9 Å². The number of nitrogens with one attached hydrogen (secondary N) is 3. The largest absolute Gasteiger partial charge is 0.360 e. The molecule has 3 N–H and O–H groups in total. The zero-order chi connectivity index (χ0) is 15.9. The van der Waals surface area contributed by atoms with Crippen molar-refractivity contribution in [2.24, 2.45) is 0 Å². The minimum Gasteiger partial charge on any atom is -0.360 e. The van der Waals surface area contributed by atoms with Crippen LogP contribution in [-0.4, -0.2) is 33.1 Å². The molecule has 1 aromatic heterocycles. The Morgan fingerprint density at radius 2 is 2.32 bits per heavy atom. The average Bonchev–Trinajstić information content (AvgIpc) is 3.04. The second-order valence-corrected chi connectivity index (χ2v) is 4.39. The Morgan fingerprint density at radius 3 is 2.95 bits per heavy atom. The molecule has 1 heterocycles. The fourth-order valence-corrected chi connectivity index (χ4v) is 1.87. The molecule has 0 aliphatic rings. The van der Waals surface area contributed by atoms with Gasteiger partial charge in [0.2, 0.25) is 5.82 Å². The molecule has 0 saturated heterocycles. The van der Waals surface area contributed by atoms with Crippen LogP contribution in [0.1, 0.15) is 28.7 Å². The van der Waals surface area contributed by atoms with Crippen molar-refractivity contribution in [3.63, 3.8) is 0 Å². The Kier molecular flexibility index (Phi) is 4.82. The summed E-state index contributed by atoms with van der Waals surface area (Å²) < 4.78 is 0. The molecule has 112 valence electrons. The molecule has 0 aliphatic carbocycles. The van der Waals surface area contributed by atoms with Crippen LogP contribution in [0.2, 0.25) is 0 Å². The third-order valence-electron chi connectivity index (χ3n) is 2.99. The van der Waals surface area contributed by atoms with Gasteiger partial charge < -0.3 is 10.6 Å². The molecule has 2 aromatic rings. The van der Waals surface area contributed by atoms with Crippen LogP contribution in [0.3, 0.4) is 0 Å². The van der Waals surface area contributed by atoms with E-state index in [1.807, 2.05) is 26.0 Å². The summed E-state index contributed by atoms with van der Waals surface area (Å²) >= 11 is 0. The lowest BCUT2D eigenvalue weighted by atomic mass is 10.1. The van der Waals surface area contributed by atoms with E-state index >= 15 is 0 Å². The van der Waals surface area contributed by atoms with Crippen LogP contribution in [0.4, 0.5) is 5.69 Å². The third-order valence-corrected chi connectivity index (χ3v) is 2.99.